The molecule has 4 rings (SSSR count). The Morgan fingerprint density at radius 2 is 2.08 bits per heavy atom. The molecule has 2 fully saturated rings. The molecule has 2 aliphatic heterocycles. The van der Waals surface area contributed by atoms with E-state index in [4.69, 9.17) is 9.47 Å². The molecule has 0 aliphatic carbocycles. The number of likely N-dealkylation sites (tertiary alicyclic amines) is 1. The topological polar surface area (TPSA) is 77.4 Å². The predicted octanol–water partition coefficient (Wildman–Crippen LogP) is 1.71. The van der Waals surface area contributed by atoms with Gasteiger partial charge in [-0.05, 0) is 31.0 Å². The summed E-state index contributed by atoms with van der Waals surface area (Å²) in [4.78, 5) is 18.4. The van der Waals surface area contributed by atoms with Gasteiger partial charge in [-0.3, -0.25) is 9.78 Å². The summed E-state index contributed by atoms with van der Waals surface area (Å²) in [7, 11) is 0. The van der Waals surface area contributed by atoms with Crippen LogP contribution in [0.2, 0.25) is 0 Å². The van der Waals surface area contributed by atoms with Crippen LogP contribution >= 0.6 is 0 Å². The second kappa shape index (κ2) is 6.76. The zero-order valence-electron chi connectivity index (χ0n) is 13.9. The lowest BCUT2D eigenvalue weighted by atomic mass is 9.87. The molecule has 2 aliphatic rings. The maximum Gasteiger partial charge on any atom is 0.255 e. The molecular formula is C18H20N4O3. The minimum absolute atomic E-state index is 0.00547. The molecule has 0 N–H and O–H groups in total. The number of hydrogen-bond acceptors (Lipinski definition) is 6. The average Bonchev–Trinajstić information content (AvgIpc) is 3.05. The van der Waals surface area contributed by atoms with Crippen LogP contribution in [-0.2, 0) is 4.74 Å². The molecule has 130 valence electrons. The number of carbonyl (C=O) groups excluding carboxylic acids is 1. The van der Waals surface area contributed by atoms with E-state index in [0.717, 1.165) is 25.0 Å². The van der Waals surface area contributed by atoms with E-state index in [1.807, 2.05) is 17.0 Å². The van der Waals surface area contributed by atoms with Gasteiger partial charge in [0.2, 0.25) is 0 Å². The SMILES string of the molecule is O=C(c1ccnnc1)N1CCC2(CC1)C[C@@H](Oc1cccnc1)CO2. The first-order chi connectivity index (χ1) is 12.2. The van der Waals surface area contributed by atoms with Crippen LogP contribution in [0.4, 0.5) is 0 Å². The smallest absolute Gasteiger partial charge is 0.255 e. The number of pyridine rings is 1. The fourth-order valence-corrected chi connectivity index (χ4v) is 3.55. The van der Waals surface area contributed by atoms with Gasteiger partial charge in [-0.2, -0.15) is 10.2 Å². The Morgan fingerprint density at radius 1 is 1.20 bits per heavy atom. The zero-order valence-corrected chi connectivity index (χ0v) is 13.9. The van der Waals surface area contributed by atoms with E-state index in [0.29, 0.717) is 25.3 Å². The summed E-state index contributed by atoms with van der Waals surface area (Å²) < 4.78 is 12.1. The van der Waals surface area contributed by atoms with Crippen LogP contribution < -0.4 is 4.74 Å². The quantitative estimate of drug-likeness (QED) is 0.847. The molecule has 25 heavy (non-hydrogen) atoms. The van der Waals surface area contributed by atoms with Gasteiger partial charge in [0.15, 0.2) is 0 Å². The van der Waals surface area contributed by atoms with E-state index in [2.05, 4.69) is 15.2 Å². The first-order valence-electron chi connectivity index (χ1n) is 8.51. The van der Waals surface area contributed by atoms with Crippen LogP contribution in [0.5, 0.6) is 5.75 Å². The summed E-state index contributed by atoms with van der Waals surface area (Å²) in [5.74, 6) is 0.775. The number of piperidine rings is 1. The van der Waals surface area contributed by atoms with E-state index in [9.17, 15) is 4.79 Å². The molecule has 0 unspecified atom stereocenters. The second-order valence-electron chi connectivity index (χ2n) is 6.55. The zero-order chi connectivity index (χ0) is 17.1. The molecule has 1 spiro atoms. The Bertz CT molecular complexity index is 718. The van der Waals surface area contributed by atoms with Crippen LogP contribution in [0.1, 0.15) is 29.6 Å². The Morgan fingerprint density at radius 3 is 2.80 bits per heavy atom. The lowest BCUT2D eigenvalue weighted by Gasteiger charge is -2.38. The normalized spacial score (nSPS) is 22.1. The lowest BCUT2D eigenvalue weighted by molar-refractivity contribution is -0.0395. The highest BCUT2D eigenvalue weighted by Crippen LogP contribution is 2.37. The van der Waals surface area contributed by atoms with Crippen LogP contribution in [0.15, 0.2) is 43.0 Å². The highest BCUT2D eigenvalue weighted by molar-refractivity contribution is 5.93. The molecule has 0 aromatic carbocycles. The van der Waals surface area contributed by atoms with E-state index in [-0.39, 0.29) is 17.6 Å². The summed E-state index contributed by atoms with van der Waals surface area (Å²) in [5, 5.41) is 7.49. The van der Waals surface area contributed by atoms with Crippen molar-refractivity contribution < 1.29 is 14.3 Å². The number of nitrogens with zero attached hydrogens (tertiary/aromatic N) is 4. The highest BCUT2D eigenvalue weighted by Gasteiger charge is 2.44. The number of amides is 1. The van der Waals surface area contributed by atoms with Crippen LogP contribution in [0.3, 0.4) is 0 Å². The van der Waals surface area contributed by atoms with Gasteiger partial charge in [-0.1, -0.05) is 0 Å². The molecule has 1 atom stereocenters. The Hall–Kier alpha value is -2.54. The molecule has 4 heterocycles. The number of ether oxygens (including phenoxy) is 2. The van der Waals surface area contributed by atoms with E-state index < -0.39 is 0 Å². The number of rotatable bonds is 3. The Kier molecular flexibility index (Phi) is 4.31. The van der Waals surface area contributed by atoms with Gasteiger partial charge >= 0.3 is 0 Å². The molecule has 1 amide bonds. The van der Waals surface area contributed by atoms with Gasteiger partial charge in [0.1, 0.15) is 11.9 Å². The molecule has 2 saturated heterocycles. The van der Waals surface area contributed by atoms with Crippen LogP contribution in [0, 0.1) is 0 Å². The second-order valence-corrected chi connectivity index (χ2v) is 6.55. The van der Waals surface area contributed by atoms with Crippen molar-refractivity contribution in [1.29, 1.82) is 0 Å². The van der Waals surface area contributed by atoms with E-state index in [1.165, 1.54) is 6.20 Å². The third-order valence-corrected chi connectivity index (χ3v) is 4.91. The molecular weight excluding hydrogens is 320 g/mol. The lowest BCUT2D eigenvalue weighted by Crippen LogP contribution is -2.46. The molecule has 7 heteroatoms. The highest BCUT2D eigenvalue weighted by atomic mass is 16.6. The van der Waals surface area contributed by atoms with Crippen molar-refractivity contribution in [1.82, 2.24) is 20.1 Å². The fourth-order valence-electron chi connectivity index (χ4n) is 3.55. The Labute approximate surface area is 146 Å². The van der Waals surface area contributed by atoms with Crippen molar-refractivity contribution in [3.63, 3.8) is 0 Å². The number of carbonyl (C=O) groups is 1. The number of hydrogen-bond donors (Lipinski definition) is 0. The number of aromatic nitrogens is 3. The van der Waals surface area contributed by atoms with Crippen molar-refractivity contribution in [2.45, 2.75) is 31.0 Å². The third-order valence-electron chi connectivity index (χ3n) is 4.91. The van der Waals surface area contributed by atoms with Crippen LogP contribution in [-0.4, -0.2) is 57.4 Å². The van der Waals surface area contributed by atoms with Gasteiger partial charge in [0.05, 0.1) is 36.4 Å². The monoisotopic (exact) mass is 340 g/mol. The largest absolute Gasteiger partial charge is 0.486 e. The van der Waals surface area contributed by atoms with Gasteiger partial charge in [-0.25, -0.2) is 0 Å². The summed E-state index contributed by atoms with van der Waals surface area (Å²) in [6.45, 7) is 1.94. The van der Waals surface area contributed by atoms with Crippen LogP contribution in [0.25, 0.3) is 0 Å². The van der Waals surface area contributed by atoms with Crippen molar-refractivity contribution in [3.05, 3.63) is 48.5 Å². The molecule has 2 aromatic rings. The summed E-state index contributed by atoms with van der Waals surface area (Å²) in [6.07, 6.45) is 9.03. The van der Waals surface area contributed by atoms with Gasteiger partial charge in [-0.15, -0.1) is 0 Å². The summed E-state index contributed by atoms with van der Waals surface area (Å²) in [5.41, 5.74) is 0.399. The maximum absolute atomic E-state index is 12.5. The first kappa shape index (κ1) is 16.0. The minimum atomic E-state index is -0.180. The minimum Gasteiger partial charge on any atom is -0.486 e. The fraction of sp³-hybridized carbons (Fsp3) is 0.444. The third kappa shape index (κ3) is 3.46. The molecule has 7 nitrogen and oxygen atoms in total. The molecule has 0 saturated carbocycles. The molecule has 2 aromatic heterocycles. The summed E-state index contributed by atoms with van der Waals surface area (Å²) >= 11 is 0. The van der Waals surface area contributed by atoms with Crippen molar-refractivity contribution >= 4 is 5.91 Å². The predicted molar refractivity (Wildman–Crippen MR) is 89.1 cm³/mol. The van der Waals surface area contributed by atoms with E-state index in [1.54, 1.807) is 24.7 Å². The molecule has 0 bridgehead atoms. The maximum atomic E-state index is 12.5. The Balaban J connectivity index is 1.33. The van der Waals surface area contributed by atoms with Gasteiger partial charge < -0.3 is 14.4 Å². The van der Waals surface area contributed by atoms with Crippen molar-refractivity contribution in [2.24, 2.45) is 0 Å². The van der Waals surface area contributed by atoms with E-state index >= 15 is 0 Å². The van der Waals surface area contributed by atoms with Gasteiger partial charge in [0, 0.05) is 25.7 Å². The van der Waals surface area contributed by atoms with Gasteiger partial charge in [0.25, 0.3) is 5.91 Å². The molecule has 0 radical (unpaired) electrons. The average molecular weight is 340 g/mol. The first-order valence-corrected chi connectivity index (χ1v) is 8.51. The van der Waals surface area contributed by atoms with Crippen molar-refractivity contribution in [2.75, 3.05) is 19.7 Å². The summed E-state index contributed by atoms with van der Waals surface area (Å²) in [6, 6.07) is 5.46. The standard InChI is InChI=1S/C18H20N4O3/c23-17(14-3-7-20-21-11-14)22-8-4-18(5-9-22)10-16(13-24-18)25-15-2-1-6-19-12-15/h1-3,6-7,11-12,16H,4-5,8-10,13H2/t16-/m1/s1. The van der Waals surface area contributed by atoms with Crippen molar-refractivity contribution in [3.8, 4) is 5.75 Å².